The van der Waals surface area contributed by atoms with Crippen molar-refractivity contribution in [3.8, 4) is 0 Å². The van der Waals surface area contributed by atoms with Crippen molar-refractivity contribution in [3.05, 3.63) is 40.1 Å². The molecule has 0 atom stereocenters. The third-order valence-corrected chi connectivity index (χ3v) is 4.23. The van der Waals surface area contributed by atoms with Crippen LogP contribution in [0, 0.1) is 10.1 Å². The Morgan fingerprint density at radius 3 is 2.82 bits per heavy atom. The standard InChI is InChI=1S/C15H17N3O4/c19-14(17-9-15(20)5-1-2-6-15)12-8-16-13-4-3-10(18(21)22)7-11(12)13/h3-4,7-8,16,20H,1-2,5-6,9H2,(H,17,19). The highest BCUT2D eigenvalue weighted by Gasteiger charge is 2.31. The average molecular weight is 303 g/mol. The molecule has 7 nitrogen and oxygen atoms in total. The van der Waals surface area contributed by atoms with Crippen molar-refractivity contribution < 1.29 is 14.8 Å². The maximum atomic E-state index is 12.3. The Labute approximate surface area is 126 Å². The van der Waals surface area contributed by atoms with E-state index < -0.39 is 10.5 Å². The van der Waals surface area contributed by atoms with Crippen molar-refractivity contribution in [2.24, 2.45) is 0 Å². The summed E-state index contributed by atoms with van der Waals surface area (Å²) in [7, 11) is 0. The van der Waals surface area contributed by atoms with Gasteiger partial charge in [0.1, 0.15) is 0 Å². The van der Waals surface area contributed by atoms with E-state index in [9.17, 15) is 20.0 Å². The molecule has 3 rings (SSSR count). The number of amides is 1. The molecule has 1 fully saturated rings. The fourth-order valence-electron chi connectivity index (χ4n) is 2.96. The van der Waals surface area contributed by atoms with Crippen LogP contribution in [0.4, 0.5) is 5.69 Å². The number of hydrogen-bond donors (Lipinski definition) is 3. The van der Waals surface area contributed by atoms with Crippen LogP contribution in [0.25, 0.3) is 10.9 Å². The summed E-state index contributed by atoms with van der Waals surface area (Å²) < 4.78 is 0. The normalized spacial score (nSPS) is 16.8. The number of nitro groups is 1. The third-order valence-electron chi connectivity index (χ3n) is 4.23. The summed E-state index contributed by atoms with van der Waals surface area (Å²) >= 11 is 0. The van der Waals surface area contributed by atoms with Gasteiger partial charge in [-0.15, -0.1) is 0 Å². The molecule has 1 aromatic heterocycles. The van der Waals surface area contributed by atoms with Crippen LogP contribution in [0.15, 0.2) is 24.4 Å². The van der Waals surface area contributed by atoms with Gasteiger partial charge in [-0.2, -0.15) is 0 Å². The van der Waals surface area contributed by atoms with Crippen LogP contribution in [0.3, 0.4) is 0 Å². The minimum Gasteiger partial charge on any atom is -0.388 e. The van der Waals surface area contributed by atoms with Crippen molar-refractivity contribution in [2.45, 2.75) is 31.3 Å². The van der Waals surface area contributed by atoms with E-state index in [1.807, 2.05) is 0 Å². The number of H-pyrrole nitrogens is 1. The lowest BCUT2D eigenvalue weighted by molar-refractivity contribution is -0.384. The Bertz CT molecular complexity index is 731. The Kier molecular flexibility index (Phi) is 3.58. The highest BCUT2D eigenvalue weighted by atomic mass is 16.6. The first-order chi connectivity index (χ1) is 10.5. The number of carbonyl (C=O) groups is 1. The largest absolute Gasteiger partial charge is 0.388 e. The molecule has 7 heteroatoms. The lowest BCUT2D eigenvalue weighted by Crippen LogP contribution is -2.40. The Balaban J connectivity index is 1.81. The molecule has 116 valence electrons. The van der Waals surface area contributed by atoms with Gasteiger partial charge < -0.3 is 15.4 Å². The summed E-state index contributed by atoms with van der Waals surface area (Å²) in [5, 5.41) is 24.3. The summed E-state index contributed by atoms with van der Waals surface area (Å²) in [6, 6.07) is 4.35. The first-order valence-electron chi connectivity index (χ1n) is 7.25. The van der Waals surface area contributed by atoms with Gasteiger partial charge in [0, 0.05) is 35.8 Å². The molecule has 1 heterocycles. The number of benzene rings is 1. The first-order valence-corrected chi connectivity index (χ1v) is 7.25. The van der Waals surface area contributed by atoms with Crippen molar-refractivity contribution >= 4 is 22.5 Å². The summed E-state index contributed by atoms with van der Waals surface area (Å²) in [6.07, 6.45) is 4.83. The average Bonchev–Trinajstić information content (AvgIpc) is 3.11. The molecule has 1 saturated carbocycles. The van der Waals surface area contributed by atoms with Gasteiger partial charge in [0.05, 0.1) is 16.1 Å². The van der Waals surface area contributed by atoms with Crippen molar-refractivity contribution in [1.82, 2.24) is 10.3 Å². The van der Waals surface area contributed by atoms with Crippen molar-refractivity contribution in [1.29, 1.82) is 0 Å². The highest BCUT2D eigenvalue weighted by molar-refractivity contribution is 6.07. The van der Waals surface area contributed by atoms with Crippen LogP contribution < -0.4 is 5.32 Å². The summed E-state index contributed by atoms with van der Waals surface area (Å²) in [4.78, 5) is 25.6. The number of nitrogens with zero attached hydrogens (tertiary/aromatic N) is 1. The third kappa shape index (κ3) is 2.67. The fourth-order valence-corrected chi connectivity index (χ4v) is 2.96. The summed E-state index contributed by atoms with van der Waals surface area (Å²) in [6.45, 7) is 0.202. The van der Waals surface area contributed by atoms with E-state index in [0.29, 0.717) is 29.3 Å². The molecule has 0 saturated heterocycles. The molecule has 3 N–H and O–H groups in total. The van der Waals surface area contributed by atoms with Gasteiger partial charge in [0.15, 0.2) is 0 Å². The van der Waals surface area contributed by atoms with E-state index in [1.165, 1.54) is 18.3 Å². The van der Waals surface area contributed by atoms with E-state index in [-0.39, 0.29) is 18.1 Å². The quantitative estimate of drug-likeness (QED) is 0.593. The minimum atomic E-state index is -0.826. The fraction of sp³-hybridized carbons (Fsp3) is 0.400. The van der Waals surface area contributed by atoms with Crippen LogP contribution in [-0.4, -0.2) is 33.1 Å². The van der Waals surface area contributed by atoms with Crippen molar-refractivity contribution in [2.75, 3.05) is 6.54 Å². The van der Waals surface area contributed by atoms with Gasteiger partial charge in [0.25, 0.3) is 11.6 Å². The second-order valence-corrected chi connectivity index (χ2v) is 5.80. The zero-order chi connectivity index (χ0) is 15.7. The smallest absolute Gasteiger partial charge is 0.270 e. The molecular weight excluding hydrogens is 286 g/mol. The SMILES string of the molecule is O=C(NCC1(O)CCCC1)c1c[nH]c2ccc([N+](=O)[O-])cc12. The number of fused-ring (bicyclic) bond motifs is 1. The van der Waals surface area contributed by atoms with E-state index in [4.69, 9.17) is 0 Å². The molecule has 0 bridgehead atoms. The van der Waals surface area contributed by atoms with E-state index in [2.05, 4.69) is 10.3 Å². The van der Waals surface area contributed by atoms with Gasteiger partial charge in [-0.1, -0.05) is 12.8 Å². The molecule has 1 amide bonds. The Morgan fingerprint density at radius 1 is 1.41 bits per heavy atom. The lowest BCUT2D eigenvalue weighted by atomic mass is 10.0. The molecule has 0 radical (unpaired) electrons. The Hall–Kier alpha value is -2.41. The first kappa shape index (κ1) is 14.5. The van der Waals surface area contributed by atoms with Crippen LogP contribution in [0.5, 0.6) is 0 Å². The molecule has 0 aliphatic heterocycles. The number of aromatic amines is 1. The van der Waals surface area contributed by atoms with Gasteiger partial charge >= 0.3 is 0 Å². The predicted molar refractivity (Wildman–Crippen MR) is 80.7 cm³/mol. The maximum absolute atomic E-state index is 12.3. The van der Waals surface area contributed by atoms with E-state index >= 15 is 0 Å². The van der Waals surface area contributed by atoms with Crippen LogP contribution >= 0.6 is 0 Å². The topological polar surface area (TPSA) is 108 Å². The number of nitrogens with one attached hydrogen (secondary N) is 2. The number of nitro benzene ring substituents is 1. The second kappa shape index (κ2) is 5.42. The Morgan fingerprint density at radius 2 is 2.14 bits per heavy atom. The lowest BCUT2D eigenvalue weighted by Gasteiger charge is -2.22. The minimum absolute atomic E-state index is 0.0597. The molecule has 22 heavy (non-hydrogen) atoms. The van der Waals surface area contributed by atoms with Crippen molar-refractivity contribution in [3.63, 3.8) is 0 Å². The molecule has 0 spiro atoms. The number of carbonyl (C=O) groups excluding carboxylic acids is 1. The molecule has 1 aliphatic carbocycles. The van der Waals surface area contributed by atoms with Gasteiger partial charge in [-0.3, -0.25) is 14.9 Å². The van der Waals surface area contributed by atoms with Crippen LogP contribution in [-0.2, 0) is 0 Å². The molecule has 1 aliphatic rings. The zero-order valence-corrected chi connectivity index (χ0v) is 12.0. The molecule has 0 unspecified atom stereocenters. The predicted octanol–water partition coefficient (Wildman–Crippen LogP) is 2.11. The van der Waals surface area contributed by atoms with Crippen LogP contribution in [0.1, 0.15) is 36.0 Å². The highest BCUT2D eigenvalue weighted by Crippen LogP contribution is 2.29. The maximum Gasteiger partial charge on any atom is 0.270 e. The number of rotatable bonds is 4. The monoisotopic (exact) mass is 303 g/mol. The summed E-state index contributed by atoms with van der Waals surface area (Å²) in [5.41, 5.74) is 0.125. The number of aliphatic hydroxyl groups is 1. The molecule has 2 aromatic rings. The van der Waals surface area contributed by atoms with E-state index in [1.54, 1.807) is 6.07 Å². The van der Waals surface area contributed by atoms with Gasteiger partial charge in [0.2, 0.25) is 0 Å². The summed E-state index contributed by atoms with van der Waals surface area (Å²) in [5.74, 6) is -0.341. The number of non-ortho nitro benzene ring substituents is 1. The second-order valence-electron chi connectivity index (χ2n) is 5.80. The number of aromatic nitrogens is 1. The number of hydrogen-bond acceptors (Lipinski definition) is 4. The zero-order valence-electron chi connectivity index (χ0n) is 12.0. The molecule has 1 aromatic carbocycles. The van der Waals surface area contributed by atoms with Crippen LogP contribution in [0.2, 0.25) is 0 Å². The van der Waals surface area contributed by atoms with Gasteiger partial charge in [-0.25, -0.2) is 0 Å². The molecular formula is C15H17N3O4. The van der Waals surface area contributed by atoms with Gasteiger partial charge in [-0.05, 0) is 18.9 Å². The van der Waals surface area contributed by atoms with E-state index in [0.717, 1.165) is 12.8 Å².